The summed E-state index contributed by atoms with van der Waals surface area (Å²) in [6, 6.07) is 18.7. The number of ether oxygens (including phenoxy) is 1. The molecule has 0 radical (unpaired) electrons. The van der Waals surface area contributed by atoms with Crippen LogP contribution in [0.3, 0.4) is 0 Å². The van der Waals surface area contributed by atoms with Crippen molar-refractivity contribution in [3.05, 3.63) is 65.7 Å². The summed E-state index contributed by atoms with van der Waals surface area (Å²) < 4.78 is 5.76. The van der Waals surface area contributed by atoms with Crippen LogP contribution in [0.4, 0.5) is 0 Å². The van der Waals surface area contributed by atoms with E-state index in [1.54, 1.807) is 0 Å². The third-order valence-electron chi connectivity index (χ3n) is 3.29. The first-order valence-electron chi connectivity index (χ1n) is 6.97. The predicted molar refractivity (Wildman–Crippen MR) is 82.5 cm³/mol. The Kier molecular flexibility index (Phi) is 5.59. The lowest BCUT2D eigenvalue weighted by Gasteiger charge is -2.16. The van der Waals surface area contributed by atoms with Crippen molar-refractivity contribution in [3.63, 3.8) is 0 Å². The molecule has 1 unspecified atom stereocenters. The van der Waals surface area contributed by atoms with Gasteiger partial charge in [0.25, 0.3) is 0 Å². The van der Waals surface area contributed by atoms with Crippen molar-refractivity contribution in [1.82, 2.24) is 5.43 Å². The first-order valence-corrected chi connectivity index (χ1v) is 6.97. The highest BCUT2D eigenvalue weighted by Crippen LogP contribution is 2.13. The van der Waals surface area contributed by atoms with E-state index in [0.717, 1.165) is 18.6 Å². The fourth-order valence-corrected chi connectivity index (χ4v) is 2.17. The summed E-state index contributed by atoms with van der Waals surface area (Å²) in [6.45, 7) is 2.72. The fraction of sp³-hybridized carbons (Fsp3) is 0.294. The molecule has 3 nitrogen and oxygen atoms in total. The van der Waals surface area contributed by atoms with Gasteiger partial charge in [0.1, 0.15) is 5.75 Å². The summed E-state index contributed by atoms with van der Waals surface area (Å²) in [4.78, 5) is 0. The maximum Gasteiger partial charge on any atom is 0.119 e. The Morgan fingerprint density at radius 1 is 1.10 bits per heavy atom. The summed E-state index contributed by atoms with van der Waals surface area (Å²) in [5, 5.41) is 0. The van der Waals surface area contributed by atoms with Gasteiger partial charge in [0.2, 0.25) is 0 Å². The van der Waals surface area contributed by atoms with E-state index in [1.165, 1.54) is 11.1 Å². The topological polar surface area (TPSA) is 47.3 Å². The molecule has 2 aromatic carbocycles. The molecular weight excluding hydrogens is 248 g/mol. The standard InChI is InChI=1S/C17H22N2O/c1-14-6-5-9-17(12-14)20-11-10-16(19-18)13-15-7-3-2-4-8-15/h2-9,12,16,19H,10-11,13,18H2,1H3. The van der Waals surface area contributed by atoms with Gasteiger partial charge in [0.05, 0.1) is 6.61 Å². The lowest BCUT2D eigenvalue weighted by molar-refractivity contribution is 0.285. The quantitative estimate of drug-likeness (QED) is 0.601. The molecule has 0 saturated carbocycles. The molecule has 0 aromatic heterocycles. The minimum atomic E-state index is 0.224. The fourth-order valence-electron chi connectivity index (χ4n) is 2.17. The van der Waals surface area contributed by atoms with Crippen LogP contribution in [-0.4, -0.2) is 12.6 Å². The smallest absolute Gasteiger partial charge is 0.119 e. The second-order valence-corrected chi connectivity index (χ2v) is 5.01. The Morgan fingerprint density at radius 3 is 2.60 bits per heavy atom. The monoisotopic (exact) mass is 270 g/mol. The van der Waals surface area contributed by atoms with Crippen molar-refractivity contribution in [2.75, 3.05) is 6.61 Å². The van der Waals surface area contributed by atoms with Crippen molar-refractivity contribution in [2.24, 2.45) is 5.84 Å². The van der Waals surface area contributed by atoms with Gasteiger partial charge >= 0.3 is 0 Å². The second-order valence-electron chi connectivity index (χ2n) is 5.01. The number of hydrogen-bond donors (Lipinski definition) is 2. The SMILES string of the molecule is Cc1cccc(OCCC(Cc2ccccc2)NN)c1. The van der Waals surface area contributed by atoms with E-state index in [4.69, 9.17) is 10.6 Å². The number of hydrogen-bond acceptors (Lipinski definition) is 3. The van der Waals surface area contributed by atoms with Gasteiger partial charge in [0, 0.05) is 6.04 Å². The molecule has 2 aromatic rings. The van der Waals surface area contributed by atoms with E-state index in [9.17, 15) is 0 Å². The first-order chi connectivity index (χ1) is 9.78. The third kappa shape index (κ3) is 4.68. The van der Waals surface area contributed by atoms with Gasteiger partial charge in [-0.25, -0.2) is 0 Å². The van der Waals surface area contributed by atoms with Gasteiger partial charge in [-0.15, -0.1) is 0 Å². The minimum Gasteiger partial charge on any atom is -0.494 e. The molecule has 1 atom stereocenters. The van der Waals surface area contributed by atoms with Crippen LogP contribution in [0.25, 0.3) is 0 Å². The van der Waals surface area contributed by atoms with E-state index >= 15 is 0 Å². The van der Waals surface area contributed by atoms with Crippen molar-refractivity contribution >= 4 is 0 Å². The highest BCUT2D eigenvalue weighted by molar-refractivity contribution is 5.27. The lowest BCUT2D eigenvalue weighted by atomic mass is 10.0. The number of hydrazine groups is 1. The average Bonchev–Trinajstić information content (AvgIpc) is 2.47. The first kappa shape index (κ1) is 14.6. The average molecular weight is 270 g/mol. The molecule has 3 heteroatoms. The maximum atomic E-state index is 5.76. The zero-order chi connectivity index (χ0) is 14.2. The van der Waals surface area contributed by atoms with Crippen LogP contribution >= 0.6 is 0 Å². The van der Waals surface area contributed by atoms with Crippen LogP contribution in [0.15, 0.2) is 54.6 Å². The Bertz CT molecular complexity index is 513. The van der Waals surface area contributed by atoms with Gasteiger partial charge < -0.3 is 4.74 Å². The summed E-state index contributed by atoms with van der Waals surface area (Å²) in [7, 11) is 0. The Morgan fingerprint density at radius 2 is 1.90 bits per heavy atom. The minimum absolute atomic E-state index is 0.224. The van der Waals surface area contributed by atoms with Crippen LogP contribution in [0.1, 0.15) is 17.5 Å². The number of benzene rings is 2. The lowest BCUT2D eigenvalue weighted by Crippen LogP contribution is -2.37. The molecule has 0 fully saturated rings. The third-order valence-corrected chi connectivity index (χ3v) is 3.29. The molecule has 0 heterocycles. The van der Waals surface area contributed by atoms with Crippen LogP contribution < -0.4 is 16.0 Å². The van der Waals surface area contributed by atoms with Crippen molar-refractivity contribution in [1.29, 1.82) is 0 Å². The van der Waals surface area contributed by atoms with Crippen LogP contribution in [0.5, 0.6) is 5.75 Å². The second kappa shape index (κ2) is 7.68. The molecule has 106 valence electrons. The number of nitrogens with two attached hydrogens (primary N) is 1. The van der Waals surface area contributed by atoms with Gasteiger partial charge in [0.15, 0.2) is 0 Å². The van der Waals surface area contributed by atoms with E-state index in [2.05, 4.69) is 30.5 Å². The van der Waals surface area contributed by atoms with Gasteiger partial charge in [-0.2, -0.15) is 0 Å². The maximum absolute atomic E-state index is 5.76. The van der Waals surface area contributed by atoms with E-state index in [1.807, 2.05) is 36.4 Å². The molecule has 0 aliphatic carbocycles. The number of rotatable bonds is 7. The van der Waals surface area contributed by atoms with Gasteiger partial charge in [-0.3, -0.25) is 11.3 Å². The molecule has 0 aliphatic heterocycles. The molecule has 0 bridgehead atoms. The summed E-state index contributed by atoms with van der Waals surface area (Å²) in [5.74, 6) is 6.54. The van der Waals surface area contributed by atoms with Gasteiger partial charge in [-0.05, 0) is 43.0 Å². The van der Waals surface area contributed by atoms with Crippen LogP contribution in [0, 0.1) is 6.92 Å². The number of aryl methyl sites for hydroxylation is 1. The zero-order valence-electron chi connectivity index (χ0n) is 11.9. The zero-order valence-corrected chi connectivity index (χ0v) is 11.9. The summed E-state index contributed by atoms with van der Waals surface area (Å²) in [5.41, 5.74) is 5.36. The highest BCUT2D eigenvalue weighted by Gasteiger charge is 2.07. The molecular formula is C17H22N2O. The Balaban J connectivity index is 1.79. The molecule has 20 heavy (non-hydrogen) atoms. The normalized spacial score (nSPS) is 12.1. The molecule has 0 aliphatic rings. The molecule has 2 rings (SSSR count). The van der Waals surface area contributed by atoms with Crippen molar-refractivity contribution in [2.45, 2.75) is 25.8 Å². The summed E-state index contributed by atoms with van der Waals surface area (Å²) >= 11 is 0. The molecule has 0 amide bonds. The summed E-state index contributed by atoms with van der Waals surface area (Å²) in [6.07, 6.45) is 1.79. The van der Waals surface area contributed by atoms with E-state index < -0.39 is 0 Å². The molecule has 0 saturated heterocycles. The van der Waals surface area contributed by atoms with Crippen LogP contribution in [0.2, 0.25) is 0 Å². The highest BCUT2D eigenvalue weighted by atomic mass is 16.5. The van der Waals surface area contributed by atoms with Crippen molar-refractivity contribution < 1.29 is 4.74 Å². The van der Waals surface area contributed by atoms with E-state index in [-0.39, 0.29) is 6.04 Å². The Labute approximate surface area is 120 Å². The molecule has 0 spiro atoms. The van der Waals surface area contributed by atoms with Crippen LogP contribution in [-0.2, 0) is 6.42 Å². The molecule has 3 N–H and O–H groups in total. The van der Waals surface area contributed by atoms with E-state index in [0.29, 0.717) is 6.61 Å². The Hall–Kier alpha value is -1.84. The van der Waals surface area contributed by atoms with Gasteiger partial charge in [-0.1, -0.05) is 42.5 Å². The predicted octanol–water partition coefficient (Wildman–Crippen LogP) is 2.84. The number of nitrogens with one attached hydrogen (secondary N) is 1. The largest absolute Gasteiger partial charge is 0.494 e. The van der Waals surface area contributed by atoms with Crippen molar-refractivity contribution in [3.8, 4) is 5.75 Å².